The normalized spacial score (nSPS) is 11.9. The lowest BCUT2D eigenvalue weighted by Crippen LogP contribution is -2.31. The maximum absolute atomic E-state index is 12.9. The minimum absolute atomic E-state index is 0.0183. The topological polar surface area (TPSA) is 101 Å². The molecule has 1 atom stereocenters. The van der Waals surface area contributed by atoms with Gasteiger partial charge in [0.15, 0.2) is 0 Å². The van der Waals surface area contributed by atoms with Gasteiger partial charge >= 0.3 is 0 Å². The number of imidazole rings is 1. The standard InChI is InChI=1S/C22H17ClN4O3/c23-17-13-15(27(29)30)10-11-16(17)22(28)26-20(12-14-6-2-1-3-7-14)21-24-18-8-4-5-9-19(18)25-21/h1-11,13,20H,12H2,(H,24,25)(H,26,28)/t20-/m0/s1. The Morgan fingerprint density at radius 1 is 1.10 bits per heavy atom. The zero-order valence-electron chi connectivity index (χ0n) is 15.7. The number of halogens is 1. The van der Waals surface area contributed by atoms with E-state index in [2.05, 4.69) is 15.3 Å². The summed E-state index contributed by atoms with van der Waals surface area (Å²) in [5.74, 6) is 0.183. The van der Waals surface area contributed by atoms with Crippen molar-refractivity contribution >= 4 is 34.2 Å². The van der Waals surface area contributed by atoms with Crippen molar-refractivity contribution in [2.24, 2.45) is 0 Å². The first kappa shape index (κ1) is 19.6. The number of carbonyl (C=O) groups is 1. The van der Waals surface area contributed by atoms with Gasteiger partial charge in [-0.1, -0.05) is 54.1 Å². The Morgan fingerprint density at radius 2 is 1.83 bits per heavy atom. The molecule has 0 aliphatic rings. The molecular weight excluding hydrogens is 404 g/mol. The number of non-ortho nitro benzene ring substituents is 1. The van der Waals surface area contributed by atoms with Gasteiger partial charge in [-0.15, -0.1) is 0 Å². The molecule has 1 aromatic heterocycles. The quantitative estimate of drug-likeness (QED) is 0.344. The van der Waals surface area contributed by atoms with Crippen LogP contribution < -0.4 is 5.32 Å². The van der Waals surface area contributed by atoms with Crippen LogP contribution in [0.15, 0.2) is 72.8 Å². The molecule has 0 saturated heterocycles. The van der Waals surface area contributed by atoms with Gasteiger partial charge in [-0.2, -0.15) is 0 Å². The number of amides is 1. The smallest absolute Gasteiger partial charge is 0.270 e. The predicted molar refractivity (Wildman–Crippen MR) is 115 cm³/mol. The Labute approximate surface area is 176 Å². The summed E-state index contributed by atoms with van der Waals surface area (Å²) < 4.78 is 0. The summed E-state index contributed by atoms with van der Waals surface area (Å²) in [5, 5.41) is 13.9. The van der Waals surface area contributed by atoms with Crippen LogP contribution in [0.4, 0.5) is 5.69 Å². The lowest BCUT2D eigenvalue weighted by atomic mass is 10.0. The number of benzene rings is 3. The minimum atomic E-state index is -0.555. The van der Waals surface area contributed by atoms with Crippen molar-refractivity contribution in [3.8, 4) is 0 Å². The summed E-state index contributed by atoms with van der Waals surface area (Å²) in [5.41, 5.74) is 2.69. The van der Waals surface area contributed by atoms with E-state index in [-0.39, 0.29) is 16.3 Å². The largest absolute Gasteiger partial charge is 0.342 e. The summed E-state index contributed by atoms with van der Waals surface area (Å²) in [6.07, 6.45) is 0.511. The number of nitro groups is 1. The van der Waals surface area contributed by atoms with Crippen LogP contribution >= 0.6 is 11.6 Å². The first-order valence-electron chi connectivity index (χ1n) is 9.24. The molecule has 0 spiro atoms. The molecule has 7 nitrogen and oxygen atoms in total. The fourth-order valence-corrected chi connectivity index (χ4v) is 3.50. The first-order valence-corrected chi connectivity index (χ1v) is 9.62. The number of nitrogens with one attached hydrogen (secondary N) is 2. The van der Waals surface area contributed by atoms with Gasteiger partial charge in [-0.05, 0) is 30.2 Å². The Balaban J connectivity index is 1.65. The molecule has 30 heavy (non-hydrogen) atoms. The molecule has 0 unspecified atom stereocenters. The average Bonchev–Trinajstić information content (AvgIpc) is 3.18. The highest BCUT2D eigenvalue weighted by Crippen LogP contribution is 2.25. The first-order chi connectivity index (χ1) is 14.5. The zero-order chi connectivity index (χ0) is 21.1. The van der Waals surface area contributed by atoms with Gasteiger partial charge in [0.25, 0.3) is 11.6 Å². The van der Waals surface area contributed by atoms with Crippen LogP contribution in [0.3, 0.4) is 0 Å². The van der Waals surface area contributed by atoms with Crippen LogP contribution in [0.2, 0.25) is 5.02 Å². The second kappa shape index (κ2) is 8.34. The number of hydrogen-bond acceptors (Lipinski definition) is 4. The van der Waals surface area contributed by atoms with Crippen LogP contribution in [0.5, 0.6) is 0 Å². The number of fused-ring (bicyclic) bond motifs is 1. The number of aromatic nitrogens is 2. The van der Waals surface area contributed by atoms with Crippen LogP contribution in [0, 0.1) is 10.1 Å². The molecule has 0 aliphatic carbocycles. The van der Waals surface area contributed by atoms with Crippen LogP contribution in [-0.2, 0) is 6.42 Å². The number of para-hydroxylation sites is 2. The van der Waals surface area contributed by atoms with E-state index >= 15 is 0 Å². The molecule has 1 heterocycles. The molecule has 4 rings (SSSR count). The van der Waals surface area contributed by atoms with E-state index in [1.807, 2.05) is 54.6 Å². The number of rotatable bonds is 6. The van der Waals surface area contributed by atoms with E-state index < -0.39 is 16.9 Å². The van der Waals surface area contributed by atoms with Gasteiger partial charge in [0.2, 0.25) is 0 Å². The number of H-pyrrole nitrogens is 1. The molecule has 1 amide bonds. The molecule has 0 fully saturated rings. The molecule has 150 valence electrons. The molecule has 4 aromatic rings. The SMILES string of the molecule is O=C(N[C@@H](Cc1ccccc1)c1nc2ccccc2[nH]1)c1ccc([N+](=O)[O-])cc1Cl. The molecule has 0 saturated carbocycles. The van der Waals surface area contributed by atoms with Gasteiger partial charge in [0.05, 0.1) is 32.6 Å². The number of nitro benzene ring substituents is 1. The van der Waals surface area contributed by atoms with Crippen molar-refractivity contribution in [1.29, 1.82) is 0 Å². The maximum Gasteiger partial charge on any atom is 0.270 e. The number of nitrogens with zero attached hydrogens (tertiary/aromatic N) is 2. The summed E-state index contributed by atoms with van der Waals surface area (Å²) in [6.45, 7) is 0. The summed E-state index contributed by atoms with van der Waals surface area (Å²) >= 11 is 6.13. The van der Waals surface area contributed by atoms with E-state index in [1.54, 1.807) is 0 Å². The van der Waals surface area contributed by atoms with E-state index in [0.717, 1.165) is 16.6 Å². The van der Waals surface area contributed by atoms with E-state index in [0.29, 0.717) is 12.2 Å². The summed E-state index contributed by atoms with van der Waals surface area (Å²) in [4.78, 5) is 31.2. The molecule has 0 bridgehead atoms. The highest BCUT2D eigenvalue weighted by Gasteiger charge is 2.22. The van der Waals surface area contributed by atoms with Crippen molar-refractivity contribution in [3.05, 3.63) is 105 Å². The highest BCUT2D eigenvalue weighted by molar-refractivity contribution is 6.34. The summed E-state index contributed by atoms with van der Waals surface area (Å²) in [7, 11) is 0. The maximum atomic E-state index is 12.9. The second-order valence-electron chi connectivity index (χ2n) is 6.78. The molecule has 2 N–H and O–H groups in total. The average molecular weight is 421 g/mol. The molecule has 0 radical (unpaired) electrons. The Morgan fingerprint density at radius 3 is 2.53 bits per heavy atom. The van der Waals surface area contributed by atoms with Crippen LogP contribution in [-0.4, -0.2) is 20.8 Å². The Bertz CT molecular complexity index is 1190. The second-order valence-corrected chi connectivity index (χ2v) is 7.18. The van der Waals surface area contributed by atoms with Gasteiger partial charge in [-0.3, -0.25) is 14.9 Å². The van der Waals surface area contributed by atoms with Crippen LogP contribution in [0.25, 0.3) is 11.0 Å². The van der Waals surface area contributed by atoms with Gasteiger partial charge in [-0.25, -0.2) is 4.98 Å². The van der Waals surface area contributed by atoms with Gasteiger partial charge < -0.3 is 10.3 Å². The molecule has 3 aromatic carbocycles. The number of hydrogen-bond donors (Lipinski definition) is 2. The van der Waals surface area contributed by atoms with Crippen molar-refractivity contribution in [2.45, 2.75) is 12.5 Å². The van der Waals surface area contributed by atoms with Crippen molar-refractivity contribution in [3.63, 3.8) is 0 Å². The fourth-order valence-electron chi connectivity index (χ4n) is 3.24. The number of carbonyl (C=O) groups excluding carboxylic acids is 1. The van der Waals surface area contributed by atoms with E-state index in [9.17, 15) is 14.9 Å². The summed E-state index contributed by atoms with van der Waals surface area (Å²) in [6, 6.07) is 20.7. The zero-order valence-corrected chi connectivity index (χ0v) is 16.5. The monoisotopic (exact) mass is 420 g/mol. The van der Waals surface area contributed by atoms with Gasteiger partial charge in [0.1, 0.15) is 5.82 Å². The van der Waals surface area contributed by atoms with Crippen molar-refractivity contribution < 1.29 is 9.72 Å². The molecule has 8 heteroatoms. The Kier molecular flexibility index (Phi) is 5.45. The lowest BCUT2D eigenvalue weighted by molar-refractivity contribution is -0.384. The lowest BCUT2D eigenvalue weighted by Gasteiger charge is -2.17. The third-order valence-electron chi connectivity index (χ3n) is 4.73. The van der Waals surface area contributed by atoms with E-state index in [4.69, 9.17) is 11.6 Å². The van der Waals surface area contributed by atoms with Gasteiger partial charge in [0, 0.05) is 12.1 Å². The van der Waals surface area contributed by atoms with Crippen LogP contribution in [0.1, 0.15) is 27.8 Å². The molecule has 0 aliphatic heterocycles. The predicted octanol–water partition coefficient (Wildman–Crippen LogP) is 4.84. The molecular formula is C22H17ClN4O3. The third kappa shape index (κ3) is 4.16. The Hall–Kier alpha value is -3.71. The minimum Gasteiger partial charge on any atom is -0.342 e. The van der Waals surface area contributed by atoms with Crippen molar-refractivity contribution in [1.82, 2.24) is 15.3 Å². The highest BCUT2D eigenvalue weighted by atomic mass is 35.5. The van der Waals surface area contributed by atoms with E-state index in [1.165, 1.54) is 18.2 Å². The third-order valence-corrected chi connectivity index (χ3v) is 5.05. The number of aromatic amines is 1. The fraction of sp³-hybridized carbons (Fsp3) is 0.0909. The van der Waals surface area contributed by atoms with Crippen molar-refractivity contribution in [2.75, 3.05) is 0 Å².